The minimum atomic E-state index is 1.01. The molecule has 3 aliphatic rings. The van der Waals surface area contributed by atoms with Gasteiger partial charge in [-0.05, 0) is 61.2 Å². The molecule has 3 fully saturated rings. The Morgan fingerprint density at radius 1 is 0.556 bits per heavy atom. The predicted octanol–water partition coefficient (Wildman–Crippen LogP) is 8.70. The Morgan fingerprint density at radius 2 is 0.889 bits per heavy atom. The van der Waals surface area contributed by atoms with Crippen LogP contribution in [0.5, 0.6) is 0 Å². The minimum Gasteiger partial charge on any atom is -0.307 e. The highest BCUT2D eigenvalue weighted by Gasteiger charge is 2.25. The maximum atomic E-state index is 8.00. The third-order valence-corrected chi connectivity index (χ3v) is 7.49. The molecule has 1 nitrogen and oxygen atoms in total. The average Bonchev–Trinajstić information content (AvgIpc) is 3.12. The van der Waals surface area contributed by atoms with Crippen LogP contribution in [0.15, 0.2) is 0 Å². The second-order valence-electron chi connectivity index (χ2n) is 9.76. The molecule has 3 saturated carbocycles. The normalized spacial score (nSPS) is 34.6. The van der Waals surface area contributed by atoms with Crippen LogP contribution in [0.4, 0.5) is 0 Å². The Kier molecular flexibility index (Phi) is 16.4. The summed E-state index contributed by atoms with van der Waals surface area (Å²) < 4.78 is 0. The molecule has 0 radical (unpaired) electrons. The van der Waals surface area contributed by atoms with Crippen molar-refractivity contribution >= 4 is 6.79 Å². The number of rotatable bonds is 4. The van der Waals surface area contributed by atoms with Crippen LogP contribution in [0, 0.1) is 35.5 Å². The van der Waals surface area contributed by atoms with E-state index in [2.05, 4.69) is 41.5 Å². The summed E-state index contributed by atoms with van der Waals surface area (Å²) in [5, 5.41) is 0. The summed E-state index contributed by atoms with van der Waals surface area (Å²) in [7, 11) is 0. The van der Waals surface area contributed by atoms with Crippen molar-refractivity contribution in [3.63, 3.8) is 0 Å². The molecule has 0 aromatic heterocycles. The molecule has 3 rings (SSSR count). The average molecular weight is 381 g/mol. The fourth-order valence-corrected chi connectivity index (χ4v) is 5.20. The van der Waals surface area contributed by atoms with Crippen LogP contribution in [0.2, 0.25) is 0 Å². The predicted molar refractivity (Wildman–Crippen MR) is 122 cm³/mol. The summed E-state index contributed by atoms with van der Waals surface area (Å²) in [6.45, 7) is 16.0. The second kappa shape index (κ2) is 16.6. The fourth-order valence-electron chi connectivity index (χ4n) is 5.20. The Morgan fingerprint density at radius 3 is 1.11 bits per heavy atom. The van der Waals surface area contributed by atoms with Crippen molar-refractivity contribution in [2.24, 2.45) is 35.5 Å². The van der Waals surface area contributed by atoms with Gasteiger partial charge in [-0.2, -0.15) is 0 Å². The SMILES string of the molecule is C=O.CC1CCCC(C)C1.CCC1CC(CC)C1.CCC1CCC(CC)C1. The molecule has 1 heteroatoms. The lowest BCUT2D eigenvalue weighted by Crippen LogP contribution is -2.21. The summed E-state index contributed by atoms with van der Waals surface area (Å²) in [5.74, 6) is 6.38. The third kappa shape index (κ3) is 12.0. The molecule has 27 heavy (non-hydrogen) atoms. The first-order valence-electron chi connectivity index (χ1n) is 12.3. The Labute approximate surface area is 172 Å². The Hall–Kier alpha value is -0.330. The van der Waals surface area contributed by atoms with Gasteiger partial charge in [-0.25, -0.2) is 0 Å². The topological polar surface area (TPSA) is 17.1 Å². The lowest BCUT2D eigenvalue weighted by atomic mass is 9.72. The van der Waals surface area contributed by atoms with E-state index < -0.39 is 0 Å². The number of carbonyl (C=O) groups excluding carboxylic acids is 1. The first-order chi connectivity index (χ1) is 13.0. The molecule has 0 aromatic carbocycles. The van der Waals surface area contributed by atoms with Crippen LogP contribution < -0.4 is 0 Å². The zero-order chi connectivity index (χ0) is 20.7. The van der Waals surface area contributed by atoms with Crippen molar-refractivity contribution < 1.29 is 4.79 Å². The Bertz CT molecular complexity index is 294. The van der Waals surface area contributed by atoms with E-state index in [1.165, 1.54) is 83.5 Å². The molecule has 4 unspecified atom stereocenters. The molecule has 162 valence electrons. The highest BCUT2D eigenvalue weighted by atomic mass is 16.1. The highest BCUT2D eigenvalue weighted by Crippen LogP contribution is 2.37. The summed E-state index contributed by atoms with van der Waals surface area (Å²) in [6.07, 6.45) is 19.1. The van der Waals surface area contributed by atoms with Crippen LogP contribution in [-0.2, 0) is 4.79 Å². The van der Waals surface area contributed by atoms with E-state index in [1.54, 1.807) is 0 Å². The van der Waals surface area contributed by atoms with Gasteiger partial charge in [0, 0.05) is 0 Å². The summed E-state index contributed by atoms with van der Waals surface area (Å²) in [5.41, 5.74) is 0. The van der Waals surface area contributed by atoms with Crippen molar-refractivity contribution in [3.05, 3.63) is 0 Å². The molecule has 0 spiro atoms. The van der Waals surface area contributed by atoms with Crippen molar-refractivity contribution in [1.82, 2.24) is 0 Å². The van der Waals surface area contributed by atoms with Crippen molar-refractivity contribution in [1.29, 1.82) is 0 Å². The van der Waals surface area contributed by atoms with Crippen LogP contribution in [0.25, 0.3) is 0 Å². The largest absolute Gasteiger partial charge is 0.307 e. The maximum absolute atomic E-state index is 8.00. The molecule has 0 bridgehead atoms. The molecular formula is C26H52O. The van der Waals surface area contributed by atoms with Gasteiger partial charge < -0.3 is 4.79 Å². The molecule has 0 aromatic rings. The molecule has 0 N–H and O–H groups in total. The monoisotopic (exact) mass is 380 g/mol. The Balaban J connectivity index is 0.000000359. The van der Waals surface area contributed by atoms with Gasteiger partial charge in [0.05, 0.1) is 0 Å². The molecule has 3 aliphatic carbocycles. The maximum Gasteiger partial charge on any atom is 0.106 e. The molecule has 4 atom stereocenters. The molecule has 0 saturated heterocycles. The van der Waals surface area contributed by atoms with Gasteiger partial charge in [0.15, 0.2) is 0 Å². The number of hydrogen-bond donors (Lipinski definition) is 0. The minimum absolute atomic E-state index is 1.01. The van der Waals surface area contributed by atoms with Crippen LogP contribution >= 0.6 is 0 Å². The molecule has 0 aliphatic heterocycles. The zero-order valence-corrected chi connectivity index (χ0v) is 19.8. The third-order valence-electron chi connectivity index (χ3n) is 7.49. The van der Waals surface area contributed by atoms with Gasteiger partial charge in [-0.3, -0.25) is 0 Å². The van der Waals surface area contributed by atoms with Crippen molar-refractivity contribution in [2.75, 3.05) is 0 Å². The molecule has 0 amide bonds. The van der Waals surface area contributed by atoms with Crippen molar-refractivity contribution in [3.8, 4) is 0 Å². The summed E-state index contributed by atoms with van der Waals surface area (Å²) in [6, 6.07) is 0. The van der Waals surface area contributed by atoms with E-state index in [4.69, 9.17) is 4.79 Å². The highest BCUT2D eigenvalue weighted by molar-refractivity contribution is 5.11. The van der Waals surface area contributed by atoms with Crippen LogP contribution in [0.3, 0.4) is 0 Å². The van der Waals surface area contributed by atoms with E-state index in [-0.39, 0.29) is 0 Å². The smallest absolute Gasteiger partial charge is 0.106 e. The van der Waals surface area contributed by atoms with Gasteiger partial charge in [0.1, 0.15) is 6.79 Å². The quantitative estimate of drug-likeness (QED) is 0.476. The van der Waals surface area contributed by atoms with Gasteiger partial charge in [-0.15, -0.1) is 0 Å². The second-order valence-corrected chi connectivity index (χ2v) is 9.76. The lowest BCUT2D eigenvalue weighted by Gasteiger charge is -2.33. The standard InChI is InChI=1S/C9H18.2C8H16.CH2O/c1-3-8-5-6-9(4-2)7-8;1-7-4-3-5-8(2)6-7;1-3-7-5-8(4-2)6-7;1-2/h8-9H,3-7H2,1-2H3;2*7-8H,3-6H2,1-2H3;1H2. The lowest BCUT2D eigenvalue weighted by molar-refractivity contribution is -0.0979. The van der Waals surface area contributed by atoms with Crippen LogP contribution in [0.1, 0.15) is 125 Å². The van der Waals surface area contributed by atoms with Gasteiger partial charge in [0.25, 0.3) is 0 Å². The van der Waals surface area contributed by atoms with Gasteiger partial charge >= 0.3 is 0 Å². The number of hydrogen-bond acceptors (Lipinski definition) is 1. The van der Waals surface area contributed by atoms with E-state index >= 15 is 0 Å². The van der Waals surface area contributed by atoms with Gasteiger partial charge in [-0.1, -0.05) is 99.3 Å². The zero-order valence-electron chi connectivity index (χ0n) is 19.8. The molecular weight excluding hydrogens is 328 g/mol. The fraction of sp³-hybridized carbons (Fsp3) is 0.962. The van der Waals surface area contributed by atoms with E-state index in [0.717, 1.165) is 35.5 Å². The van der Waals surface area contributed by atoms with E-state index in [1.807, 2.05) is 6.79 Å². The summed E-state index contributed by atoms with van der Waals surface area (Å²) >= 11 is 0. The van der Waals surface area contributed by atoms with Crippen molar-refractivity contribution in [2.45, 2.75) is 125 Å². The first kappa shape index (κ1) is 26.7. The first-order valence-corrected chi connectivity index (χ1v) is 12.3. The van der Waals surface area contributed by atoms with Crippen LogP contribution in [-0.4, -0.2) is 6.79 Å². The molecule has 0 heterocycles. The number of carbonyl (C=O) groups is 1. The van der Waals surface area contributed by atoms with Gasteiger partial charge in [0.2, 0.25) is 0 Å². The summed E-state index contributed by atoms with van der Waals surface area (Å²) in [4.78, 5) is 8.00. The van der Waals surface area contributed by atoms with E-state index in [9.17, 15) is 0 Å². The van der Waals surface area contributed by atoms with E-state index in [0.29, 0.717) is 0 Å².